The molecule has 3 atom stereocenters. The third-order valence-electron chi connectivity index (χ3n) is 4.18. The van der Waals surface area contributed by atoms with Gasteiger partial charge in [0, 0.05) is 17.2 Å². The molecule has 1 aromatic heterocycles. The number of ketones is 1. The van der Waals surface area contributed by atoms with Crippen molar-refractivity contribution in [2.24, 2.45) is 0 Å². The smallest absolute Gasteiger partial charge is 0.343 e. The summed E-state index contributed by atoms with van der Waals surface area (Å²) in [6.45, 7) is 0.192. The van der Waals surface area contributed by atoms with Crippen molar-refractivity contribution in [1.82, 2.24) is 9.97 Å². The van der Waals surface area contributed by atoms with Gasteiger partial charge >= 0.3 is 6.18 Å². The maximum atomic E-state index is 13.3. The molecule has 142 valence electrons. The molecule has 5 nitrogen and oxygen atoms in total. The van der Waals surface area contributed by atoms with Crippen LogP contribution in [-0.2, 0) is 20.4 Å². The summed E-state index contributed by atoms with van der Waals surface area (Å²) in [7, 11) is 0. The van der Waals surface area contributed by atoms with Gasteiger partial charge in [0.15, 0.2) is 10.9 Å². The van der Waals surface area contributed by atoms with Gasteiger partial charge in [-0.1, -0.05) is 11.8 Å². The molecule has 0 amide bonds. The van der Waals surface area contributed by atoms with Crippen LogP contribution in [0.2, 0.25) is 0 Å². The van der Waals surface area contributed by atoms with Gasteiger partial charge < -0.3 is 9.47 Å². The van der Waals surface area contributed by atoms with Gasteiger partial charge in [0.1, 0.15) is 11.5 Å². The van der Waals surface area contributed by atoms with Crippen LogP contribution in [0.3, 0.4) is 0 Å². The molecule has 0 radical (unpaired) electrons. The average molecular weight is 400 g/mol. The van der Waals surface area contributed by atoms with E-state index in [1.54, 1.807) is 0 Å². The normalized spacial score (nSPS) is 25.0. The molecule has 10 heteroatoms. The predicted molar refractivity (Wildman–Crippen MR) is 86.3 cm³/mol. The van der Waals surface area contributed by atoms with Gasteiger partial charge in [0.25, 0.3) is 0 Å². The topological polar surface area (TPSA) is 61.3 Å². The zero-order valence-corrected chi connectivity index (χ0v) is 14.4. The minimum Gasteiger partial charge on any atom is -0.343 e. The van der Waals surface area contributed by atoms with Crippen LogP contribution in [0, 0.1) is 5.82 Å². The predicted octanol–water partition coefficient (Wildman–Crippen LogP) is 3.48. The van der Waals surface area contributed by atoms with Gasteiger partial charge in [-0.3, -0.25) is 4.79 Å². The number of fused-ring (bicyclic) bond motifs is 2. The maximum Gasteiger partial charge on any atom is 0.433 e. The molecule has 2 aliphatic heterocycles. The average Bonchev–Trinajstić information content (AvgIpc) is 3.05. The number of alkyl halides is 3. The summed E-state index contributed by atoms with van der Waals surface area (Å²) >= 11 is 0.948. The first-order valence-electron chi connectivity index (χ1n) is 7.98. The lowest BCUT2D eigenvalue weighted by Crippen LogP contribution is -2.37. The van der Waals surface area contributed by atoms with Crippen LogP contribution in [0.5, 0.6) is 0 Å². The summed E-state index contributed by atoms with van der Waals surface area (Å²) in [4.78, 5) is 19.6. The first-order valence-corrected chi connectivity index (χ1v) is 8.86. The van der Waals surface area contributed by atoms with Gasteiger partial charge in [0.05, 0.1) is 18.4 Å². The van der Waals surface area contributed by atoms with E-state index in [9.17, 15) is 22.4 Å². The Morgan fingerprint density at radius 3 is 2.59 bits per heavy atom. The molecule has 2 aromatic rings. The fraction of sp³-hybridized carbons (Fsp3) is 0.353. The number of rotatable bonds is 3. The number of hydrogen-bond acceptors (Lipinski definition) is 6. The van der Waals surface area contributed by atoms with E-state index < -0.39 is 35.3 Å². The molecule has 1 aromatic carbocycles. The number of nitrogens with zero attached hydrogens (tertiary/aromatic N) is 2. The molecule has 0 saturated carbocycles. The van der Waals surface area contributed by atoms with Crippen LogP contribution in [0.15, 0.2) is 35.5 Å². The lowest BCUT2D eigenvalue weighted by atomic mass is 10.1. The van der Waals surface area contributed by atoms with E-state index in [4.69, 9.17) is 9.47 Å². The fourth-order valence-corrected chi connectivity index (χ4v) is 3.97. The summed E-state index contributed by atoms with van der Waals surface area (Å²) in [5.41, 5.74) is -0.766. The van der Waals surface area contributed by atoms with Crippen LogP contribution in [0.1, 0.15) is 12.1 Å². The van der Waals surface area contributed by atoms with E-state index in [-0.39, 0.29) is 29.7 Å². The van der Waals surface area contributed by atoms with E-state index in [1.165, 1.54) is 12.1 Å². The molecule has 2 fully saturated rings. The molecular formula is C17H12F4N2O3S. The second-order valence-corrected chi connectivity index (χ2v) is 7.30. The van der Waals surface area contributed by atoms with Crippen LogP contribution in [0.25, 0.3) is 11.3 Å². The third kappa shape index (κ3) is 3.83. The molecule has 3 heterocycles. The molecule has 27 heavy (non-hydrogen) atoms. The molecule has 0 unspecified atom stereocenters. The zero-order chi connectivity index (χ0) is 19.2. The quantitative estimate of drug-likeness (QED) is 0.581. The highest BCUT2D eigenvalue weighted by atomic mass is 32.2. The molecular weight excluding hydrogens is 388 g/mol. The Bertz CT molecular complexity index is 875. The summed E-state index contributed by atoms with van der Waals surface area (Å²) in [5.74, 6) is -0.765. The van der Waals surface area contributed by atoms with Crippen LogP contribution in [0.4, 0.5) is 17.6 Å². The SMILES string of the molecule is O=C1C[C@@H](Sc2nc(-c3ccc(F)cc3)cc(C(F)(F)F)n2)[C@H]2CO[C@@H]1O2. The molecule has 0 spiro atoms. The number of hydrogen-bond donors (Lipinski definition) is 0. The van der Waals surface area contributed by atoms with E-state index in [0.717, 1.165) is 30.0 Å². The molecule has 0 aliphatic carbocycles. The van der Waals surface area contributed by atoms with Crippen LogP contribution >= 0.6 is 11.8 Å². The van der Waals surface area contributed by atoms with Gasteiger partial charge in [-0.15, -0.1) is 0 Å². The Balaban J connectivity index is 1.68. The van der Waals surface area contributed by atoms with Crippen molar-refractivity contribution in [2.75, 3.05) is 6.61 Å². The minimum atomic E-state index is -4.67. The highest BCUT2D eigenvalue weighted by molar-refractivity contribution is 7.99. The first kappa shape index (κ1) is 18.3. The van der Waals surface area contributed by atoms with Gasteiger partial charge in [-0.25, -0.2) is 14.4 Å². The standard InChI is InChI=1S/C17H12F4N2O3S/c18-9-3-1-8(2-4-9)10-5-14(17(19,20)21)23-16(22-10)27-13-6-11(24)15-25-7-12(13)26-15/h1-5,12-13,15H,6-7H2/t12-,13-,15-/m1/s1. The van der Waals surface area contributed by atoms with E-state index >= 15 is 0 Å². The molecule has 4 rings (SSSR count). The largest absolute Gasteiger partial charge is 0.433 e. The monoisotopic (exact) mass is 400 g/mol. The number of aromatic nitrogens is 2. The number of ether oxygens (including phenoxy) is 2. The Morgan fingerprint density at radius 2 is 1.89 bits per heavy atom. The highest BCUT2D eigenvalue weighted by Gasteiger charge is 2.44. The van der Waals surface area contributed by atoms with E-state index in [1.807, 2.05) is 0 Å². The Morgan fingerprint density at radius 1 is 1.15 bits per heavy atom. The summed E-state index contributed by atoms with van der Waals surface area (Å²) in [6, 6.07) is 5.78. The number of Topliss-reactive ketones (excluding diaryl/α,β-unsaturated/α-hetero) is 1. The molecule has 2 aliphatic rings. The van der Waals surface area contributed by atoms with Crippen molar-refractivity contribution in [3.8, 4) is 11.3 Å². The lowest BCUT2D eigenvalue weighted by molar-refractivity contribution is -0.151. The van der Waals surface area contributed by atoms with Crippen molar-refractivity contribution in [3.05, 3.63) is 41.8 Å². The first-order chi connectivity index (χ1) is 12.8. The lowest BCUT2D eigenvalue weighted by Gasteiger charge is -2.25. The second kappa shape index (κ2) is 6.84. The fourth-order valence-electron chi connectivity index (χ4n) is 2.85. The Kier molecular flexibility index (Phi) is 4.65. The maximum absolute atomic E-state index is 13.3. The van der Waals surface area contributed by atoms with Crippen LogP contribution in [-0.4, -0.2) is 40.0 Å². The number of carbonyl (C=O) groups is 1. The van der Waals surface area contributed by atoms with Crippen molar-refractivity contribution < 1.29 is 31.8 Å². The number of halogens is 4. The minimum absolute atomic E-state index is 0.0171. The van der Waals surface area contributed by atoms with Crippen molar-refractivity contribution in [3.63, 3.8) is 0 Å². The van der Waals surface area contributed by atoms with Gasteiger partial charge in [0.2, 0.25) is 6.29 Å². The molecule has 0 N–H and O–H groups in total. The summed E-state index contributed by atoms with van der Waals surface area (Å²) in [6.07, 6.45) is -5.87. The summed E-state index contributed by atoms with van der Waals surface area (Å²) in [5, 5.41) is -0.572. The van der Waals surface area contributed by atoms with E-state index in [2.05, 4.69) is 9.97 Å². The van der Waals surface area contributed by atoms with Crippen molar-refractivity contribution in [1.29, 1.82) is 0 Å². The van der Waals surface area contributed by atoms with Crippen molar-refractivity contribution >= 4 is 17.5 Å². The second-order valence-electron chi connectivity index (χ2n) is 6.09. The third-order valence-corrected chi connectivity index (χ3v) is 5.35. The zero-order valence-electron chi connectivity index (χ0n) is 13.6. The number of benzene rings is 1. The molecule has 2 saturated heterocycles. The van der Waals surface area contributed by atoms with Crippen molar-refractivity contribution in [2.45, 2.75) is 35.4 Å². The van der Waals surface area contributed by atoms with Crippen LogP contribution < -0.4 is 0 Å². The van der Waals surface area contributed by atoms with E-state index in [0.29, 0.717) is 5.56 Å². The Hall–Kier alpha value is -2.04. The van der Waals surface area contributed by atoms with Gasteiger partial charge in [-0.05, 0) is 30.3 Å². The number of thioether (sulfide) groups is 1. The molecule has 2 bridgehead atoms. The van der Waals surface area contributed by atoms with Gasteiger partial charge in [-0.2, -0.15) is 13.2 Å². The Labute approximate surface area is 155 Å². The summed E-state index contributed by atoms with van der Waals surface area (Å²) < 4.78 is 63.5. The highest BCUT2D eigenvalue weighted by Crippen LogP contribution is 2.37. The number of carbonyl (C=O) groups excluding carboxylic acids is 1.